The van der Waals surface area contributed by atoms with Crippen LogP contribution in [0.15, 0.2) is 24.3 Å². The zero-order chi connectivity index (χ0) is 19.9. The van der Waals surface area contributed by atoms with Crippen molar-refractivity contribution in [2.24, 2.45) is 0 Å². The number of amides is 4. The van der Waals surface area contributed by atoms with Gasteiger partial charge in [0.1, 0.15) is 32.0 Å². The van der Waals surface area contributed by atoms with Crippen molar-refractivity contribution < 1.29 is 28.6 Å². The second-order valence-electron chi connectivity index (χ2n) is 7.42. The number of urea groups is 1. The van der Waals surface area contributed by atoms with E-state index in [-0.39, 0.29) is 18.1 Å². The number of piperazine rings is 1. The van der Waals surface area contributed by atoms with Gasteiger partial charge in [0.25, 0.3) is 11.8 Å². The van der Waals surface area contributed by atoms with Crippen LogP contribution in [0.5, 0.6) is 0 Å². The van der Waals surface area contributed by atoms with Crippen molar-refractivity contribution in [3.05, 3.63) is 30.1 Å². The second kappa shape index (κ2) is 9.61. The van der Waals surface area contributed by atoms with Crippen LogP contribution in [0.4, 0.5) is 14.9 Å². The van der Waals surface area contributed by atoms with E-state index < -0.39 is 17.8 Å². The molecule has 1 aromatic carbocycles. The van der Waals surface area contributed by atoms with Crippen LogP contribution in [0.25, 0.3) is 0 Å². The smallest absolute Gasteiger partial charge is 0.326 e. The van der Waals surface area contributed by atoms with Gasteiger partial charge in [-0.05, 0) is 25.0 Å². The summed E-state index contributed by atoms with van der Waals surface area (Å²) in [5.41, 5.74) is 0.0278. The predicted molar refractivity (Wildman–Crippen MR) is 101 cm³/mol. The molecule has 0 aliphatic carbocycles. The molecule has 9 heteroatoms. The molecule has 3 rings (SSSR count). The SMILES string of the molecule is O=C(C[NH+]1CC[NH+](CC(=O)N2CCCC2)CC1)NC(=O)Nc1ccccc1F. The molecular weight excluding hydrogens is 365 g/mol. The van der Waals surface area contributed by atoms with Crippen LogP contribution in [0, 0.1) is 5.82 Å². The van der Waals surface area contributed by atoms with Crippen LogP contribution in [0.1, 0.15) is 12.8 Å². The van der Waals surface area contributed by atoms with Crippen LogP contribution in [-0.4, -0.2) is 75.1 Å². The third-order valence-corrected chi connectivity index (χ3v) is 5.31. The second-order valence-corrected chi connectivity index (χ2v) is 7.42. The molecule has 2 aliphatic heterocycles. The Morgan fingerprint density at radius 1 is 0.964 bits per heavy atom. The number of quaternary nitrogens is 2. The summed E-state index contributed by atoms with van der Waals surface area (Å²) in [5.74, 6) is -0.739. The number of nitrogens with zero attached hydrogens (tertiary/aromatic N) is 1. The minimum absolute atomic E-state index is 0.0278. The normalized spacial score (nSPS) is 22.0. The Bertz CT molecular complexity index is 715. The molecule has 2 heterocycles. The van der Waals surface area contributed by atoms with E-state index in [1.807, 2.05) is 4.90 Å². The van der Waals surface area contributed by atoms with Gasteiger partial charge in [0, 0.05) is 13.1 Å². The van der Waals surface area contributed by atoms with E-state index >= 15 is 0 Å². The Balaban J connectivity index is 1.36. The van der Waals surface area contributed by atoms with Crippen LogP contribution in [0.3, 0.4) is 0 Å². The lowest BCUT2D eigenvalue weighted by Gasteiger charge is -2.29. The molecular formula is C19H28FN5O3+2. The number of benzene rings is 1. The molecule has 4 amide bonds. The number of imide groups is 1. The van der Waals surface area contributed by atoms with Gasteiger partial charge >= 0.3 is 6.03 Å². The molecule has 1 aromatic rings. The summed E-state index contributed by atoms with van der Waals surface area (Å²) in [5, 5.41) is 4.57. The average Bonchev–Trinajstić information content (AvgIpc) is 3.20. The first-order chi connectivity index (χ1) is 13.5. The first-order valence-electron chi connectivity index (χ1n) is 9.81. The minimum Gasteiger partial charge on any atom is -0.338 e. The van der Waals surface area contributed by atoms with Gasteiger partial charge in [0.05, 0.1) is 5.69 Å². The number of hydrogen-bond acceptors (Lipinski definition) is 3. The van der Waals surface area contributed by atoms with Gasteiger partial charge in [-0.2, -0.15) is 0 Å². The van der Waals surface area contributed by atoms with Crippen LogP contribution >= 0.6 is 0 Å². The van der Waals surface area contributed by atoms with Crippen molar-refractivity contribution >= 4 is 23.5 Å². The monoisotopic (exact) mass is 393 g/mol. The summed E-state index contributed by atoms with van der Waals surface area (Å²) in [6.07, 6.45) is 2.19. The van der Waals surface area contributed by atoms with Crippen molar-refractivity contribution in [2.75, 3.05) is 57.7 Å². The summed E-state index contributed by atoms with van der Waals surface area (Å²) in [6, 6.07) is 5.04. The Labute approximate surface area is 163 Å². The summed E-state index contributed by atoms with van der Waals surface area (Å²) in [6.45, 7) is 5.63. The summed E-state index contributed by atoms with van der Waals surface area (Å²) >= 11 is 0. The Morgan fingerprint density at radius 2 is 1.57 bits per heavy atom. The van der Waals surface area contributed by atoms with Crippen LogP contribution in [0.2, 0.25) is 0 Å². The summed E-state index contributed by atoms with van der Waals surface area (Å²) < 4.78 is 13.5. The number of likely N-dealkylation sites (tertiary alicyclic amines) is 1. The van der Waals surface area contributed by atoms with Gasteiger partial charge in [-0.25, -0.2) is 9.18 Å². The van der Waals surface area contributed by atoms with E-state index in [0.717, 1.165) is 57.0 Å². The molecule has 2 aliphatic rings. The highest BCUT2D eigenvalue weighted by Crippen LogP contribution is 2.11. The van der Waals surface area contributed by atoms with Gasteiger partial charge in [-0.3, -0.25) is 14.9 Å². The molecule has 2 fully saturated rings. The highest BCUT2D eigenvalue weighted by molar-refractivity contribution is 6.01. The molecule has 0 saturated carbocycles. The Hall–Kier alpha value is -2.52. The number of carbonyl (C=O) groups excluding carboxylic acids is 3. The molecule has 0 bridgehead atoms. The van der Waals surface area contributed by atoms with E-state index in [9.17, 15) is 18.8 Å². The Kier molecular flexibility index (Phi) is 6.94. The zero-order valence-corrected chi connectivity index (χ0v) is 15.9. The third kappa shape index (κ3) is 5.74. The number of rotatable bonds is 5. The quantitative estimate of drug-likeness (QED) is 0.461. The Morgan fingerprint density at radius 3 is 2.21 bits per heavy atom. The van der Waals surface area contributed by atoms with Gasteiger partial charge in [0.2, 0.25) is 0 Å². The van der Waals surface area contributed by atoms with E-state index in [0.29, 0.717) is 6.54 Å². The minimum atomic E-state index is -0.741. The van der Waals surface area contributed by atoms with Crippen molar-refractivity contribution in [3.8, 4) is 0 Å². The lowest BCUT2D eigenvalue weighted by atomic mass is 10.3. The van der Waals surface area contributed by atoms with Crippen molar-refractivity contribution in [1.29, 1.82) is 0 Å². The third-order valence-electron chi connectivity index (χ3n) is 5.31. The topological polar surface area (TPSA) is 87.4 Å². The molecule has 0 atom stereocenters. The number of anilines is 1. The van der Waals surface area contributed by atoms with Crippen LogP contribution in [-0.2, 0) is 9.59 Å². The maximum Gasteiger partial charge on any atom is 0.326 e. The van der Waals surface area contributed by atoms with E-state index in [4.69, 9.17) is 0 Å². The number of carbonyl (C=O) groups is 3. The van der Waals surface area contributed by atoms with E-state index in [1.54, 1.807) is 6.07 Å². The summed E-state index contributed by atoms with van der Waals surface area (Å²) in [4.78, 5) is 40.4. The van der Waals surface area contributed by atoms with Crippen molar-refractivity contribution in [2.45, 2.75) is 12.8 Å². The van der Waals surface area contributed by atoms with E-state index in [2.05, 4.69) is 10.6 Å². The molecule has 0 unspecified atom stereocenters. The molecule has 2 saturated heterocycles. The number of para-hydroxylation sites is 1. The molecule has 8 nitrogen and oxygen atoms in total. The van der Waals surface area contributed by atoms with Gasteiger partial charge in [-0.1, -0.05) is 12.1 Å². The fourth-order valence-electron chi connectivity index (χ4n) is 3.72. The highest BCUT2D eigenvalue weighted by Gasteiger charge is 2.29. The van der Waals surface area contributed by atoms with Crippen LogP contribution < -0.4 is 20.4 Å². The fraction of sp³-hybridized carbons (Fsp3) is 0.526. The van der Waals surface area contributed by atoms with Gasteiger partial charge < -0.3 is 20.0 Å². The van der Waals surface area contributed by atoms with E-state index in [1.165, 1.54) is 23.1 Å². The maximum absolute atomic E-state index is 13.5. The lowest BCUT2D eigenvalue weighted by molar-refractivity contribution is -1.00. The molecule has 0 radical (unpaired) electrons. The fourth-order valence-corrected chi connectivity index (χ4v) is 3.72. The predicted octanol–water partition coefficient (Wildman–Crippen LogP) is -2.12. The van der Waals surface area contributed by atoms with Gasteiger partial charge in [0.15, 0.2) is 13.1 Å². The van der Waals surface area contributed by atoms with Gasteiger partial charge in [-0.15, -0.1) is 0 Å². The summed E-state index contributed by atoms with van der Waals surface area (Å²) in [7, 11) is 0. The number of nitrogens with one attached hydrogen (secondary N) is 4. The zero-order valence-electron chi connectivity index (χ0n) is 15.9. The molecule has 4 N–H and O–H groups in total. The standard InChI is InChI=1S/C19H26FN5O3/c20-15-5-1-2-6-16(15)21-19(28)22-17(26)13-23-9-11-24(12-10-23)14-18(27)25-7-3-4-8-25/h1-2,5-6H,3-4,7-14H2,(H2,21,22,26,28)/p+2. The van der Waals surface area contributed by atoms with Crippen molar-refractivity contribution in [3.63, 3.8) is 0 Å². The molecule has 0 aromatic heterocycles. The first kappa shape index (κ1) is 20.2. The largest absolute Gasteiger partial charge is 0.338 e. The first-order valence-corrected chi connectivity index (χ1v) is 9.81. The average molecular weight is 393 g/mol. The lowest BCUT2D eigenvalue weighted by Crippen LogP contribution is -3.28. The number of hydrogen-bond donors (Lipinski definition) is 4. The molecule has 0 spiro atoms. The molecule has 152 valence electrons. The highest BCUT2D eigenvalue weighted by atomic mass is 19.1. The van der Waals surface area contributed by atoms with Crippen molar-refractivity contribution in [1.82, 2.24) is 10.2 Å². The number of halogens is 1. The molecule has 28 heavy (non-hydrogen) atoms. The maximum atomic E-state index is 13.5.